The first-order chi connectivity index (χ1) is 28.6. The summed E-state index contributed by atoms with van der Waals surface area (Å²) in [6.07, 6.45) is 0. The van der Waals surface area contributed by atoms with Crippen LogP contribution in [0.2, 0.25) is 0 Å². The maximum Gasteiger partial charge on any atom is 0.123 e. The molecule has 0 aliphatic heterocycles. The molecule has 0 bridgehead atoms. The molecule has 11 rings (SSSR count). The van der Waals surface area contributed by atoms with Crippen LogP contribution in [0.15, 0.2) is 206 Å². The van der Waals surface area contributed by atoms with Crippen LogP contribution < -0.4 is 9.80 Å². The van der Waals surface area contributed by atoms with Crippen molar-refractivity contribution in [2.45, 2.75) is 0 Å². The van der Waals surface area contributed by atoms with E-state index in [9.17, 15) is 0 Å². The minimum atomic E-state index is -0.295. The van der Waals surface area contributed by atoms with Gasteiger partial charge >= 0.3 is 0 Å². The number of hydrogen-bond acceptors (Lipinski definition) is 2. The van der Waals surface area contributed by atoms with Crippen molar-refractivity contribution in [2.75, 3.05) is 9.80 Å². The van der Waals surface area contributed by atoms with E-state index in [1.807, 2.05) is 84.9 Å². The number of halogens is 2. The summed E-state index contributed by atoms with van der Waals surface area (Å²) in [6, 6.07) is 69.0. The van der Waals surface area contributed by atoms with Crippen molar-refractivity contribution in [3.05, 3.63) is 218 Å². The third-order valence-corrected chi connectivity index (χ3v) is 11.4. The normalized spacial score (nSPS) is 11.6. The topological polar surface area (TPSA) is 6.48 Å². The lowest BCUT2D eigenvalue weighted by Gasteiger charge is -2.26. The van der Waals surface area contributed by atoms with Crippen molar-refractivity contribution in [3.8, 4) is 0 Å². The van der Waals surface area contributed by atoms with E-state index in [2.05, 4.69) is 107 Å². The summed E-state index contributed by atoms with van der Waals surface area (Å²) in [4.78, 5) is 4.49. The highest BCUT2D eigenvalue weighted by Gasteiger charge is 2.20. The van der Waals surface area contributed by atoms with Crippen LogP contribution in [0.3, 0.4) is 0 Å². The number of hydrogen-bond donors (Lipinski definition) is 0. The minimum Gasteiger partial charge on any atom is -0.310 e. The summed E-state index contributed by atoms with van der Waals surface area (Å²) in [5.74, 6) is -0.590. The molecule has 0 aromatic heterocycles. The number of nitrogens with zero attached hydrogens (tertiary/aromatic N) is 2. The van der Waals surface area contributed by atoms with Crippen LogP contribution in [0.1, 0.15) is 0 Å². The fourth-order valence-corrected chi connectivity index (χ4v) is 8.90. The molecule has 0 spiro atoms. The molecular weight excluding hydrogens is 715 g/mol. The first-order valence-electron chi connectivity index (χ1n) is 19.5. The summed E-state index contributed by atoms with van der Waals surface area (Å²) < 4.78 is 30.8. The molecule has 0 radical (unpaired) electrons. The van der Waals surface area contributed by atoms with Crippen molar-refractivity contribution in [3.63, 3.8) is 0 Å². The zero-order valence-electron chi connectivity index (χ0n) is 31.3. The van der Waals surface area contributed by atoms with Gasteiger partial charge in [0, 0.05) is 34.1 Å². The highest BCUT2D eigenvalue weighted by atomic mass is 19.1. The summed E-state index contributed by atoms with van der Waals surface area (Å²) in [7, 11) is 0. The SMILES string of the molecule is Fc1ccc2c(c1)c1cc3c4ccc(N(c5ccccc5)c5ccccc5)cc4c4ccc(F)cc4c3cc1c1ccc(N(c3ccccc3)c3ccccc3)cc21. The third-order valence-electron chi connectivity index (χ3n) is 11.4. The van der Waals surface area contributed by atoms with Crippen LogP contribution >= 0.6 is 0 Å². The lowest BCUT2D eigenvalue weighted by Crippen LogP contribution is -2.09. The molecular formula is C54H34F2N2. The van der Waals surface area contributed by atoms with Crippen molar-refractivity contribution in [2.24, 2.45) is 0 Å². The largest absolute Gasteiger partial charge is 0.310 e. The fraction of sp³-hybridized carbons (Fsp3) is 0. The molecule has 11 aromatic rings. The van der Waals surface area contributed by atoms with Gasteiger partial charge in [-0.25, -0.2) is 8.78 Å². The Bertz CT molecular complexity index is 3050. The summed E-state index contributed by atoms with van der Waals surface area (Å²) in [5, 5.41) is 11.6. The van der Waals surface area contributed by atoms with Crippen LogP contribution in [-0.4, -0.2) is 0 Å². The Hall–Kier alpha value is -7.56. The Morgan fingerprint density at radius 2 is 0.466 bits per heavy atom. The van der Waals surface area contributed by atoms with Gasteiger partial charge in [0.25, 0.3) is 0 Å². The Balaban J connectivity index is 1.20. The molecule has 0 saturated carbocycles. The lowest BCUT2D eigenvalue weighted by molar-refractivity contribution is 0.629. The van der Waals surface area contributed by atoms with Crippen molar-refractivity contribution in [1.29, 1.82) is 0 Å². The summed E-state index contributed by atoms with van der Waals surface area (Å²) in [6.45, 7) is 0. The van der Waals surface area contributed by atoms with Gasteiger partial charge in [-0.05, 0) is 174 Å². The van der Waals surface area contributed by atoms with Crippen LogP contribution in [-0.2, 0) is 0 Å². The standard InChI is InChI=1S/C54H34F2N2/c55-35-21-25-43-47(29-35)53-34-52-46-28-24-42(58(39-17-9-3-10-18-39)40-19-11-4-12-20-40)32-50(46)44-26-22-36(56)30-48(44)54(52)33-51(53)45-27-23-41(31-49(43)45)57(37-13-5-1-6-14-37)38-15-7-2-8-16-38/h1-34H. The van der Waals surface area contributed by atoms with Gasteiger partial charge in [0.15, 0.2) is 0 Å². The Morgan fingerprint density at radius 1 is 0.207 bits per heavy atom. The summed E-state index contributed by atoms with van der Waals surface area (Å²) in [5.41, 5.74) is 6.13. The average molecular weight is 749 g/mol. The van der Waals surface area contributed by atoms with E-state index in [4.69, 9.17) is 0 Å². The van der Waals surface area contributed by atoms with Crippen molar-refractivity contribution in [1.82, 2.24) is 0 Å². The second-order valence-electron chi connectivity index (χ2n) is 14.8. The predicted octanol–water partition coefficient (Wildman–Crippen LogP) is 15.8. The Morgan fingerprint density at radius 3 is 0.793 bits per heavy atom. The Kier molecular flexibility index (Phi) is 7.90. The first-order valence-corrected chi connectivity index (χ1v) is 19.5. The van der Waals surface area contributed by atoms with Gasteiger partial charge < -0.3 is 9.80 Å². The van der Waals surface area contributed by atoms with E-state index >= 15 is 8.78 Å². The molecule has 0 unspecified atom stereocenters. The zero-order valence-corrected chi connectivity index (χ0v) is 31.3. The number of rotatable bonds is 6. The van der Waals surface area contributed by atoms with Gasteiger partial charge in [0.2, 0.25) is 0 Å². The molecule has 0 fully saturated rings. The predicted molar refractivity (Wildman–Crippen MR) is 241 cm³/mol. The highest BCUT2D eigenvalue weighted by Crippen LogP contribution is 2.46. The molecule has 0 aliphatic rings. The molecule has 0 heterocycles. The molecule has 0 amide bonds. The number of fused-ring (bicyclic) bond motifs is 12. The minimum absolute atomic E-state index is 0.295. The van der Waals surface area contributed by atoms with E-state index < -0.39 is 0 Å². The maximum absolute atomic E-state index is 15.4. The first kappa shape index (κ1) is 33.8. The van der Waals surface area contributed by atoms with Crippen LogP contribution in [0.25, 0.3) is 64.6 Å². The molecule has 58 heavy (non-hydrogen) atoms. The van der Waals surface area contributed by atoms with Gasteiger partial charge in [0.1, 0.15) is 11.6 Å². The number of para-hydroxylation sites is 4. The monoisotopic (exact) mass is 748 g/mol. The molecule has 11 aromatic carbocycles. The van der Waals surface area contributed by atoms with Gasteiger partial charge in [-0.1, -0.05) is 97.1 Å². The molecule has 0 atom stereocenters. The molecule has 0 saturated heterocycles. The van der Waals surface area contributed by atoms with E-state index in [-0.39, 0.29) is 11.6 Å². The average Bonchev–Trinajstić information content (AvgIpc) is 3.27. The van der Waals surface area contributed by atoms with Gasteiger partial charge in [-0.2, -0.15) is 0 Å². The van der Waals surface area contributed by atoms with Crippen molar-refractivity contribution < 1.29 is 8.78 Å². The Labute approximate surface area is 334 Å². The molecule has 0 N–H and O–H groups in total. The second-order valence-corrected chi connectivity index (χ2v) is 14.8. The molecule has 4 heteroatoms. The fourth-order valence-electron chi connectivity index (χ4n) is 8.90. The smallest absolute Gasteiger partial charge is 0.123 e. The van der Waals surface area contributed by atoms with Crippen molar-refractivity contribution >= 4 is 98.8 Å². The van der Waals surface area contributed by atoms with Crippen LogP contribution in [0, 0.1) is 11.6 Å². The van der Waals surface area contributed by atoms with E-state index in [1.165, 1.54) is 0 Å². The lowest BCUT2D eigenvalue weighted by atomic mass is 9.88. The van der Waals surface area contributed by atoms with E-state index in [0.717, 1.165) is 98.8 Å². The summed E-state index contributed by atoms with van der Waals surface area (Å²) >= 11 is 0. The van der Waals surface area contributed by atoms with Crippen LogP contribution in [0.4, 0.5) is 42.9 Å². The van der Waals surface area contributed by atoms with E-state index in [1.54, 1.807) is 24.3 Å². The number of anilines is 6. The molecule has 274 valence electrons. The quantitative estimate of drug-likeness (QED) is 0.123. The highest BCUT2D eigenvalue weighted by molar-refractivity contribution is 6.33. The van der Waals surface area contributed by atoms with Crippen LogP contribution in [0.5, 0.6) is 0 Å². The molecule has 2 nitrogen and oxygen atoms in total. The van der Waals surface area contributed by atoms with Gasteiger partial charge in [-0.15, -0.1) is 0 Å². The third kappa shape index (κ3) is 5.53. The maximum atomic E-state index is 15.4. The van der Waals surface area contributed by atoms with E-state index in [0.29, 0.717) is 0 Å². The number of benzene rings is 11. The second kappa shape index (κ2) is 13.6. The van der Waals surface area contributed by atoms with Gasteiger partial charge in [-0.3, -0.25) is 0 Å². The zero-order chi connectivity index (χ0) is 38.7. The molecule has 0 aliphatic carbocycles. The van der Waals surface area contributed by atoms with Gasteiger partial charge in [0.05, 0.1) is 0 Å².